The number of rotatable bonds is 13. The highest BCUT2D eigenvalue weighted by Gasteiger charge is 2.22. The van der Waals surface area contributed by atoms with Gasteiger partial charge in [-0.3, -0.25) is 9.67 Å². The molecular weight excluding hydrogens is 615 g/mol. The second-order valence-corrected chi connectivity index (χ2v) is 12.9. The molecule has 0 amide bonds. The standard InChI is InChI=1S/C36H40ClFN8O/c1-5-31(23-9-7-6-8-10-23)43-33-25(19-39)20-40-35-29(33)17-27(18-30(35)37)42-34(24-11-13-26(38)14-12-24)32-22-46(45-44-32)16-15-28(47)21-41-36(2,3)4/h6-14,17-18,20,22,28,31,34,41-42,47H,5,15-16,21H2,1-4H3,(H,40,43)/t28?,31-,34?/m1/s1/i34D. The highest BCUT2D eigenvalue weighted by atomic mass is 35.5. The Morgan fingerprint density at radius 2 is 1.83 bits per heavy atom. The van der Waals surface area contributed by atoms with E-state index in [1.807, 2.05) is 51.1 Å². The number of aliphatic hydroxyl groups excluding tert-OH is 1. The predicted molar refractivity (Wildman–Crippen MR) is 185 cm³/mol. The van der Waals surface area contributed by atoms with Gasteiger partial charge >= 0.3 is 0 Å². The van der Waals surface area contributed by atoms with Crippen LogP contribution in [0.2, 0.25) is 5.02 Å². The summed E-state index contributed by atoms with van der Waals surface area (Å²) in [5, 5.41) is 40.1. The number of nitrogens with zero attached hydrogens (tertiary/aromatic N) is 5. The van der Waals surface area contributed by atoms with Crippen LogP contribution in [0.3, 0.4) is 0 Å². The first-order chi connectivity index (χ1) is 22.9. The molecule has 2 unspecified atom stereocenters. The average Bonchev–Trinajstić information content (AvgIpc) is 3.55. The molecule has 0 saturated heterocycles. The smallest absolute Gasteiger partial charge is 0.123 e. The van der Waals surface area contributed by atoms with Crippen LogP contribution >= 0.6 is 11.6 Å². The lowest BCUT2D eigenvalue weighted by atomic mass is 10.0. The van der Waals surface area contributed by atoms with E-state index in [2.05, 4.69) is 44.2 Å². The first kappa shape index (κ1) is 32.4. The van der Waals surface area contributed by atoms with Crippen molar-refractivity contribution in [1.29, 1.82) is 5.26 Å². The van der Waals surface area contributed by atoms with Gasteiger partial charge in [0.2, 0.25) is 0 Å². The maximum absolute atomic E-state index is 14.0. The quantitative estimate of drug-likeness (QED) is 0.104. The van der Waals surface area contributed by atoms with Crippen LogP contribution in [-0.2, 0) is 6.54 Å². The molecule has 0 aliphatic rings. The summed E-state index contributed by atoms with van der Waals surface area (Å²) in [6, 6.07) is 19.5. The minimum Gasteiger partial charge on any atom is -0.392 e. The number of aliphatic hydroxyl groups is 1. The van der Waals surface area contributed by atoms with Crippen molar-refractivity contribution in [2.24, 2.45) is 0 Å². The molecule has 0 aliphatic heterocycles. The highest BCUT2D eigenvalue weighted by molar-refractivity contribution is 6.35. The number of pyridine rings is 1. The van der Waals surface area contributed by atoms with Crippen molar-refractivity contribution in [3.05, 3.63) is 112 Å². The van der Waals surface area contributed by atoms with E-state index in [0.717, 1.165) is 12.0 Å². The molecule has 4 N–H and O–H groups in total. The SMILES string of the molecule is [2H]C(Nc1cc(Cl)c2ncc(C#N)c(N[C@H](CC)c3ccccc3)c2c1)(c1ccc(F)cc1)c1cn(CCC(O)CNC(C)(C)C)nn1. The molecule has 3 aromatic carbocycles. The summed E-state index contributed by atoms with van der Waals surface area (Å²) in [7, 11) is 0. The summed E-state index contributed by atoms with van der Waals surface area (Å²) in [5.74, 6) is -0.439. The second-order valence-electron chi connectivity index (χ2n) is 12.5. The van der Waals surface area contributed by atoms with Crippen molar-refractivity contribution < 1.29 is 10.9 Å². The number of benzene rings is 3. The summed E-state index contributed by atoms with van der Waals surface area (Å²) in [5.41, 5.74) is 3.49. The van der Waals surface area contributed by atoms with Crippen LogP contribution in [0.25, 0.3) is 10.9 Å². The highest BCUT2D eigenvalue weighted by Crippen LogP contribution is 2.37. The van der Waals surface area contributed by atoms with Gasteiger partial charge in [-0.2, -0.15) is 5.26 Å². The Hall–Kier alpha value is -4.56. The van der Waals surface area contributed by atoms with E-state index in [-0.39, 0.29) is 17.3 Å². The van der Waals surface area contributed by atoms with E-state index < -0.39 is 17.9 Å². The summed E-state index contributed by atoms with van der Waals surface area (Å²) in [6.45, 7) is 8.96. The van der Waals surface area contributed by atoms with E-state index in [9.17, 15) is 16.1 Å². The van der Waals surface area contributed by atoms with E-state index in [4.69, 9.17) is 11.6 Å². The molecule has 3 atom stereocenters. The molecule has 47 heavy (non-hydrogen) atoms. The topological polar surface area (TPSA) is 124 Å². The lowest BCUT2D eigenvalue weighted by Gasteiger charge is -2.23. The van der Waals surface area contributed by atoms with E-state index in [1.54, 1.807) is 23.0 Å². The number of fused-ring (bicyclic) bond motifs is 1. The van der Waals surface area contributed by atoms with Gasteiger partial charge in [-0.25, -0.2) is 4.39 Å². The number of β-amino-alcohol motifs (C(OH)–C–C–N with tert-alkyl or cyclic N) is 1. The van der Waals surface area contributed by atoms with E-state index in [0.29, 0.717) is 57.9 Å². The molecule has 0 aliphatic carbocycles. The van der Waals surface area contributed by atoms with Gasteiger partial charge in [0.15, 0.2) is 0 Å². The number of anilines is 2. The fraction of sp³-hybridized carbons (Fsp3) is 0.333. The van der Waals surface area contributed by atoms with Gasteiger partial charge in [-0.05, 0) is 69.0 Å². The summed E-state index contributed by atoms with van der Waals surface area (Å²) < 4.78 is 25.3. The maximum atomic E-state index is 14.0. The van der Waals surface area contributed by atoms with Crippen molar-refractivity contribution in [3.63, 3.8) is 0 Å². The molecule has 11 heteroatoms. The molecule has 0 radical (unpaired) electrons. The molecule has 5 rings (SSSR count). The summed E-state index contributed by atoms with van der Waals surface area (Å²) >= 11 is 6.80. The lowest BCUT2D eigenvalue weighted by molar-refractivity contribution is 0.144. The molecule has 244 valence electrons. The fourth-order valence-electron chi connectivity index (χ4n) is 5.23. The molecule has 9 nitrogen and oxygen atoms in total. The van der Waals surface area contributed by atoms with Crippen LogP contribution in [0.15, 0.2) is 79.1 Å². The zero-order valence-corrected chi connectivity index (χ0v) is 27.7. The van der Waals surface area contributed by atoms with Gasteiger partial charge < -0.3 is 21.1 Å². The fourth-order valence-corrected chi connectivity index (χ4v) is 5.50. The zero-order valence-electron chi connectivity index (χ0n) is 27.9. The molecule has 0 saturated carbocycles. The molecule has 2 heterocycles. The number of hydrogen-bond donors (Lipinski definition) is 4. The van der Waals surface area contributed by atoms with Crippen LogP contribution in [0.5, 0.6) is 0 Å². The van der Waals surface area contributed by atoms with Gasteiger partial charge in [-0.15, -0.1) is 5.10 Å². The molecule has 2 aromatic heterocycles. The molecule has 0 bridgehead atoms. The monoisotopic (exact) mass is 655 g/mol. The Labute approximate surface area is 281 Å². The Bertz CT molecular complexity index is 1890. The van der Waals surface area contributed by atoms with Crippen LogP contribution in [0.4, 0.5) is 15.8 Å². The molecule has 5 aromatic rings. The third kappa shape index (κ3) is 8.63. The zero-order chi connectivity index (χ0) is 34.5. The van der Waals surface area contributed by atoms with Crippen molar-refractivity contribution in [1.82, 2.24) is 25.3 Å². The van der Waals surface area contributed by atoms with E-state index in [1.165, 1.54) is 30.5 Å². The number of nitrogens with one attached hydrogen (secondary N) is 3. The Balaban J connectivity index is 1.51. The van der Waals surface area contributed by atoms with Gasteiger partial charge in [-0.1, -0.05) is 66.2 Å². The van der Waals surface area contributed by atoms with Gasteiger partial charge in [0.25, 0.3) is 0 Å². The summed E-state index contributed by atoms with van der Waals surface area (Å²) in [4.78, 5) is 4.48. The second kappa shape index (κ2) is 14.9. The van der Waals surface area contributed by atoms with Gasteiger partial charge in [0, 0.05) is 35.9 Å². The Morgan fingerprint density at radius 1 is 1.09 bits per heavy atom. The van der Waals surface area contributed by atoms with Crippen LogP contribution in [0, 0.1) is 17.1 Å². The first-order valence-corrected chi connectivity index (χ1v) is 16.0. The third-order valence-corrected chi connectivity index (χ3v) is 8.02. The number of hydrogen-bond acceptors (Lipinski definition) is 8. The van der Waals surface area contributed by atoms with Crippen molar-refractivity contribution in [3.8, 4) is 6.07 Å². The molecule has 0 fully saturated rings. The van der Waals surface area contributed by atoms with Crippen LogP contribution in [-0.4, -0.2) is 43.3 Å². The molecule has 0 spiro atoms. The first-order valence-electron chi connectivity index (χ1n) is 16.1. The van der Waals surface area contributed by atoms with E-state index >= 15 is 0 Å². The number of aryl methyl sites for hydroxylation is 1. The van der Waals surface area contributed by atoms with Crippen molar-refractivity contribution >= 4 is 33.9 Å². The molecular formula is C36H40ClFN8O. The summed E-state index contributed by atoms with van der Waals surface area (Å²) in [6.07, 6.45) is 3.72. The normalized spacial score (nSPS) is 14.6. The Kier molecular flexibility index (Phi) is 10.3. The Morgan fingerprint density at radius 3 is 2.51 bits per heavy atom. The third-order valence-electron chi connectivity index (χ3n) is 7.73. The minimum absolute atomic E-state index is 0.0911. The van der Waals surface area contributed by atoms with Gasteiger partial charge in [0.1, 0.15) is 17.6 Å². The minimum atomic E-state index is -1.72. The largest absolute Gasteiger partial charge is 0.392 e. The number of halogens is 2. The number of nitriles is 1. The van der Waals surface area contributed by atoms with Crippen molar-refractivity contribution in [2.45, 2.75) is 70.8 Å². The maximum Gasteiger partial charge on any atom is 0.123 e. The van der Waals surface area contributed by atoms with Gasteiger partial charge in [0.05, 0.1) is 47.5 Å². The van der Waals surface area contributed by atoms with Crippen LogP contribution < -0.4 is 16.0 Å². The predicted octanol–water partition coefficient (Wildman–Crippen LogP) is 7.39. The lowest BCUT2D eigenvalue weighted by Crippen LogP contribution is -2.41. The van der Waals surface area contributed by atoms with Crippen molar-refractivity contribution in [2.75, 3.05) is 17.2 Å². The average molecular weight is 656 g/mol. The van der Waals surface area contributed by atoms with Crippen LogP contribution in [0.1, 0.15) is 76.4 Å². The number of aromatic nitrogens is 4.